The topological polar surface area (TPSA) is 61.8 Å². The molecule has 5 heteroatoms. The first-order valence-corrected chi connectivity index (χ1v) is 7.68. The smallest absolute Gasteiger partial charge is 0.0962 e. The van der Waals surface area contributed by atoms with E-state index in [0.717, 1.165) is 21.1 Å². The molecule has 0 aliphatic heterocycles. The van der Waals surface area contributed by atoms with Crippen LogP contribution in [0.3, 0.4) is 0 Å². The maximum absolute atomic E-state index is 9.49. The van der Waals surface area contributed by atoms with Crippen LogP contribution in [0.15, 0.2) is 22.7 Å². The van der Waals surface area contributed by atoms with Crippen molar-refractivity contribution in [2.75, 3.05) is 6.61 Å². The third-order valence-electron chi connectivity index (χ3n) is 3.59. The van der Waals surface area contributed by atoms with E-state index in [2.05, 4.69) is 27.1 Å². The van der Waals surface area contributed by atoms with Gasteiger partial charge in [-0.1, -0.05) is 29.8 Å². The molecule has 1 aromatic carbocycles. The number of aliphatic hydroxyl groups excluding tert-OH is 1. The van der Waals surface area contributed by atoms with E-state index in [4.69, 9.17) is 0 Å². The lowest BCUT2D eigenvalue weighted by Crippen LogP contribution is -2.25. The highest BCUT2D eigenvalue weighted by atomic mass is 79.9. The van der Waals surface area contributed by atoms with Crippen LogP contribution in [0.2, 0.25) is 0 Å². The van der Waals surface area contributed by atoms with Gasteiger partial charge < -0.3 is 5.11 Å². The average molecular weight is 350 g/mol. The van der Waals surface area contributed by atoms with Gasteiger partial charge in [-0.25, -0.2) is 0 Å². The summed E-state index contributed by atoms with van der Waals surface area (Å²) in [6.45, 7) is 8.41. The molecule has 2 rings (SSSR count). The van der Waals surface area contributed by atoms with Crippen molar-refractivity contribution < 1.29 is 5.11 Å². The number of halogens is 1. The van der Waals surface area contributed by atoms with E-state index in [1.165, 1.54) is 0 Å². The molecule has 0 atom stereocenters. The van der Waals surface area contributed by atoms with Crippen LogP contribution in [0.25, 0.3) is 10.9 Å². The molecule has 112 valence electrons. The maximum atomic E-state index is 9.49. The lowest BCUT2D eigenvalue weighted by atomic mass is 9.89. The van der Waals surface area contributed by atoms with Gasteiger partial charge in [0.1, 0.15) is 0 Å². The number of hydrogen-bond acceptors (Lipinski definition) is 3. The van der Waals surface area contributed by atoms with Crippen LogP contribution in [0, 0.1) is 16.7 Å². The van der Waals surface area contributed by atoms with E-state index in [0.29, 0.717) is 6.54 Å². The molecule has 0 amide bonds. The van der Waals surface area contributed by atoms with Crippen LogP contribution in [0.4, 0.5) is 0 Å². The van der Waals surface area contributed by atoms with Crippen molar-refractivity contribution in [1.29, 1.82) is 5.26 Å². The van der Waals surface area contributed by atoms with Crippen molar-refractivity contribution >= 4 is 26.8 Å². The van der Waals surface area contributed by atoms with E-state index in [1.54, 1.807) is 0 Å². The van der Waals surface area contributed by atoms with Crippen molar-refractivity contribution in [2.45, 2.75) is 39.7 Å². The van der Waals surface area contributed by atoms with E-state index < -0.39 is 5.41 Å². The summed E-state index contributed by atoms with van der Waals surface area (Å²) in [4.78, 5) is 0. The van der Waals surface area contributed by atoms with Gasteiger partial charge in [-0.3, -0.25) is 4.68 Å². The Morgan fingerprint density at radius 3 is 2.57 bits per heavy atom. The lowest BCUT2D eigenvalue weighted by Gasteiger charge is -2.22. The van der Waals surface area contributed by atoms with E-state index in [1.807, 2.05) is 50.6 Å². The highest BCUT2D eigenvalue weighted by Gasteiger charge is 2.28. The predicted molar refractivity (Wildman–Crippen MR) is 86.9 cm³/mol. The van der Waals surface area contributed by atoms with Gasteiger partial charge in [0, 0.05) is 28.4 Å². The number of nitriles is 1. The number of aromatic nitrogens is 2. The average Bonchev–Trinajstić information content (AvgIpc) is 2.77. The molecule has 1 N–H and O–H groups in total. The zero-order valence-corrected chi connectivity index (χ0v) is 14.4. The summed E-state index contributed by atoms with van der Waals surface area (Å²) in [5.41, 5.74) is 0.834. The fraction of sp³-hybridized carbons (Fsp3) is 0.500. The molecule has 1 heterocycles. The van der Waals surface area contributed by atoms with Gasteiger partial charge >= 0.3 is 0 Å². The van der Waals surface area contributed by atoms with Gasteiger partial charge in [0.2, 0.25) is 0 Å². The maximum Gasteiger partial charge on any atom is 0.0962 e. The SMILES string of the molecule is CC(C)(CO)Cn1nc(C(C)(C)C#N)c2ccc(Br)cc21. The number of aliphatic hydroxyl groups is 1. The minimum atomic E-state index is -0.652. The second-order valence-corrected chi connectivity index (χ2v) is 7.64. The summed E-state index contributed by atoms with van der Waals surface area (Å²) in [6, 6.07) is 8.27. The van der Waals surface area contributed by atoms with Gasteiger partial charge in [-0.2, -0.15) is 10.4 Å². The van der Waals surface area contributed by atoms with Crippen LogP contribution < -0.4 is 0 Å². The monoisotopic (exact) mass is 349 g/mol. The van der Waals surface area contributed by atoms with E-state index in [-0.39, 0.29) is 12.0 Å². The molecule has 2 aromatic rings. The van der Waals surface area contributed by atoms with E-state index in [9.17, 15) is 10.4 Å². The molecule has 0 bridgehead atoms. The van der Waals surface area contributed by atoms with Gasteiger partial charge in [-0.05, 0) is 32.0 Å². The molecule has 0 saturated heterocycles. The van der Waals surface area contributed by atoms with Crippen LogP contribution in [-0.4, -0.2) is 21.5 Å². The van der Waals surface area contributed by atoms with Gasteiger partial charge in [0.05, 0.1) is 22.7 Å². The first kappa shape index (κ1) is 16.0. The van der Waals surface area contributed by atoms with Crippen molar-refractivity contribution in [3.05, 3.63) is 28.4 Å². The van der Waals surface area contributed by atoms with E-state index >= 15 is 0 Å². The number of fused-ring (bicyclic) bond motifs is 1. The Balaban J connectivity index is 2.67. The second kappa shape index (κ2) is 5.43. The number of rotatable bonds is 4. The Bertz CT molecular complexity index is 710. The quantitative estimate of drug-likeness (QED) is 0.916. The normalized spacial score (nSPS) is 12.6. The van der Waals surface area contributed by atoms with Crippen molar-refractivity contribution in [3.63, 3.8) is 0 Å². The Morgan fingerprint density at radius 1 is 1.33 bits per heavy atom. The molecular weight excluding hydrogens is 330 g/mol. The van der Waals surface area contributed by atoms with Crippen LogP contribution >= 0.6 is 15.9 Å². The zero-order valence-electron chi connectivity index (χ0n) is 12.8. The zero-order chi connectivity index (χ0) is 15.8. The highest BCUT2D eigenvalue weighted by Crippen LogP contribution is 2.32. The predicted octanol–water partition coefficient (Wildman–Crippen LogP) is 3.62. The highest BCUT2D eigenvalue weighted by molar-refractivity contribution is 9.10. The Morgan fingerprint density at radius 2 is 2.00 bits per heavy atom. The fourth-order valence-corrected chi connectivity index (χ4v) is 2.59. The molecule has 0 spiro atoms. The van der Waals surface area contributed by atoms with Crippen molar-refractivity contribution in [3.8, 4) is 6.07 Å². The van der Waals surface area contributed by atoms with Crippen molar-refractivity contribution in [2.24, 2.45) is 5.41 Å². The number of hydrogen-bond donors (Lipinski definition) is 1. The summed E-state index contributed by atoms with van der Waals surface area (Å²) in [5, 5.41) is 24.5. The van der Waals surface area contributed by atoms with Gasteiger partial charge in [-0.15, -0.1) is 0 Å². The van der Waals surface area contributed by atoms with Crippen LogP contribution in [0.1, 0.15) is 33.4 Å². The fourth-order valence-electron chi connectivity index (χ4n) is 2.24. The Labute approximate surface area is 133 Å². The summed E-state index contributed by atoms with van der Waals surface area (Å²) in [5.74, 6) is 0. The first-order valence-electron chi connectivity index (χ1n) is 6.89. The molecule has 21 heavy (non-hydrogen) atoms. The summed E-state index contributed by atoms with van der Waals surface area (Å²) < 4.78 is 2.87. The van der Waals surface area contributed by atoms with Crippen LogP contribution in [-0.2, 0) is 12.0 Å². The summed E-state index contributed by atoms with van der Waals surface area (Å²) in [6.07, 6.45) is 0. The molecule has 0 fully saturated rings. The minimum absolute atomic E-state index is 0.0827. The third kappa shape index (κ3) is 3.12. The van der Waals surface area contributed by atoms with Crippen molar-refractivity contribution in [1.82, 2.24) is 9.78 Å². The molecule has 4 nitrogen and oxygen atoms in total. The Hall–Kier alpha value is -1.38. The summed E-state index contributed by atoms with van der Waals surface area (Å²) in [7, 11) is 0. The molecule has 0 unspecified atom stereocenters. The molecule has 0 aliphatic rings. The number of nitrogens with zero attached hydrogens (tertiary/aromatic N) is 3. The largest absolute Gasteiger partial charge is 0.396 e. The van der Waals surface area contributed by atoms with Crippen LogP contribution in [0.5, 0.6) is 0 Å². The molecule has 0 saturated carbocycles. The first-order chi connectivity index (χ1) is 9.70. The summed E-state index contributed by atoms with van der Waals surface area (Å²) >= 11 is 3.48. The molecular formula is C16H20BrN3O. The number of benzene rings is 1. The lowest BCUT2D eigenvalue weighted by molar-refractivity contribution is 0.138. The second-order valence-electron chi connectivity index (χ2n) is 6.73. The Kier molecular flexibility index (Phi) is 4.14. The van der Waals surface area contributed by atoms with Gasteiger partial charge in [0.15, 0.2) is 0 Å². The molecule has 0 radical (unpaired) electrons. The molecule has 0 aliphatic carbocycles. The third-order valence-corrected chi connectivity index (χ3v) is 4.08. The molecule has 1 aromatic heterocycles. The standard InChI is InChI=1S/C16H20BrN3O/c1-15(2,10-21)9-20-13-7-11(17)5-6-12(13)14(19-20)16(3,4)8-18/h5-7,21H,9-10H2,1-4H3. The minimum Gasteiger partial charge on any atom is -0.396 e. The van der Waals surface area contributed by atoms with Gasteiger partial charge in [0.25, 0.3) is 0 Å².